The van der Waals surface area contributed by atoms with Crippen LogP contribution in [0.1, 0.15) is 103 Å². The molecule has 0 spiro atoms. The van der Waals surface area contributed by atoms with E-state index in [2.05, 4.69) is 0 Å². The molecule has 2 atom stereocenters. The minimum Gasteiger partial charge on any atom is -0.480 e. The van der Waals surface area contributed by atoms with E-state index in [1.165, 1.54) is 25.7 Å². The zero-order valence-corrected chi connectivity index (χ0v) is 20.5. The van der Waals surface area contributed by atoms with Crippen molar-refractivity contribution in [2.75, 3.05) is 19.6 Å². The molecule has 9 heteroatoms. The topological polar surface area (TPSA) is 179 Å². The molecule has 0 fully saturated rings. The second-order valence-electron chi connectivity index (χ2n) is 8.85. The lowest BCUT2D eigenvalue weighted by Crippen LogP contribution is -2.54. The Kier molecular flexibility index (Phi) is 20.0. The van der Waals surface area contributed by atoms with E-state index in [4.69, 9.17) is 22.9 Å². The van der Waals surface area contributed by atoms with E-state index in [9.17, 15) is 19.5 Å². The number of carbonyl (C=O) groups excluding carboxylic acids is 2. The van der Waals surface area contributed by atoms with Crippen molar-refractivity contribution in [1.29, 1.82) is 0 Å². The second-order valence-corrected chi connectivity index (χ2v) is 8.85. The molecule has 0 heterocycles. The SMILES string of the molecule is NCCCCCCCCCCCC(=O)N(C(=O)[C@@H](N)CCCCN)[C@@H](CCCCN)C(=O)O. The van der Waals surface area contributed by atoms with Crippen LogP contribution in [0.15, 0.2) is 0 Å². The Balaban J connectivity index is 4.79. The van der Waals surface area contributed by atoms with E-state index >= 15 is 0 Å². The Morgan fingerprint density at radius 1 is 0.636 bits per heavy atom. The highest BCUT2D eigenvalue weighted by Gasteiger charge is 2.36. The van der Waals surface area contributed by atoms with E-state index in [1.807, 2.05) is 0 Å². The van der Waals surface area contributed by atoms with Gasteiger partial charge in [-0.1, -0.05) is 51.4 Å². The molecule has 0 aliphatic carbocycles. The molecule has 0 unspecified atom stereocenters. The molecule has 0 aliphatic heterocycles. The molecule has 33 heavy (non-hydrogen) atoms. The molecule has 0 bridgehead atoms. The van der Waals surface area contributed by atoms with Crippen LogP contribution >= 0.6 is 0 Å². The van der Waals surface area contributed by atoms with E-state index in [1.54, 1.807) is 0 Å². The molecule has 0 aromatic heterocycles. The number of aliphatic carboxylic acids is 1. The first-order chi connectivity index (χ1) is 15.9. The maximum atomic E-state index is 13.0. The summed E-state index contributed by atoms with van der Waals surface area (Å²) in [6.07, 6.45) is 12.7. The largest absolute Gasteiger partial charge is 0.480 e. The molecule has 0 aromatic rings. The number of rotatable bonds is 22. The third-order valence-corrected chi connectivity index (χ3v) is 5.92. The number of nitrogens with zero attached hydrogens (tertiary/aromatic N) is 1. The van der Waals surface area contributed by atoms with E-state index in [-0.39, 0.29) is 12.8 Å². The third kappa shape index (κ3) is 15.1. The fraction of sp³-hybridized carbons (Fsp3) is 0.875. The Labute approximate surface area is 200 Å². The van der Waals surface area contributed by atoms with E-state index in [0.717, 1.165) is 43.5 Å². The second kappa shape index (κ2) is 21.0. The van der Waals surface area contributed by atoms with Gasteiger partial charge >= 0.3 is 5.97 Å². The molecule has 0 aromatic carbocycles. The molecule has 0 saturated heterocycles. The van der Waals surface area contributed by atoms with Crippen molar-refractivity contribution in [3.63, 3.8) is 0 Å². The first kappa shape index (κ1) is 31.4. The molecule has 9 N–H and O–H groups in total. The molecular weight excluding hydrogens is 422 g/mol. The molecule has 0 aliphatic rings. The van der Waals surface area contributed by atoms with Gasteiger partial charge in [-0.15, -0.1) is 0 Å². The van der Waals surface area contributed by atoms with Crippen molar-refractivity contribution in [2.45, 2.75) is 115 Å². The van der Waals surface area contributed by atoms with Gasteiger partial charge < -0.3 is 28.0 Å². The lowest BCUT2D eigenvalue weighted by molar-refractivity contribution is -0.159. The zero-order chi connectivity index (χ0) is 24.9. The van der Waals surface area contributed by atoms with Crippen LogP contribution in [0.2, 0.25) is 0 Å². The number of imide groups is 1. The van der Waals surface area contributed by atoms with Crippen LogP contribution in [0.25, 0.3) is 0 Å². The van der Waals surface area contributed by atoms with Gasteiger partial charge in [0.1, 0.15) is 6.04 Å². The number of hydrogen-bond acceptors (Lipinski definition) is 7. The highest BCUT2D eigenvalue weighted by atomic mass is 16.4. The van der Waals surface area contributed by atoms with E-state index in [0.29, 0.717) is 45.2 Å². The molecular formula is C24H49N5O4. The van der Waals surface area contributed by atoms with Crippen molar-refractivity contribution in [1.82, 2.24) is 4.90 Å². The normalized spacial score (nSPS) is 13.0. The van der Waals surface area contributed by atoms with Crippen LogP contribution < -0.4 is 22.9 Å². The number of carboxylic acid groups (broad SMARTS) is 1. The minimum absolute atomic E-state index is 0.151. The maximum Gasteiger partial charge on any atom is 0.326 e. The smallest absolute Gasteiger partial charge is 0.326 e. The fourth-order valence-electron chi connectivity index (χ4n) is 3.88. The highest BCUT2D eigenvalue weighted by Crippen LogP contribution is 2.17. The summed E-state index contributed by atoms with van der Waals surface area (Å²) < 4.78 is 0. The van der Waals surface area contributed by atoms with Gasteiger partial charge in [-0.05, 0) is 64.6 Å². The monoisotopic (exact) mass is 471 g/mol. The van der Waals surface area contributed by atoms with Crippen LogP contribution in [-0.4, -0.2) is 59.5 Å². The highest BCUT2D eigenvalue weighted by molar-refractivity contribution is 6.01. The lowest BCUT2D eigenvalue weighted by atomic mass is 10.0. The molecule has 9 nitrogen and oxygen atoms in total. The summed E-state index contributed by atoms with van der Waals surface area (Å²) in [5.74, 6) is -2.23. The number of hydrogen-bond donors (Lipinski definition) is 5. The summed E-state index contributed by atoms with van der Waals surface area (Å²) in [5, 5.41) is 9.74. The molecule has 2 amide bonds. The first-order valence-electron chi connectivity index (χ1n) is 12.8. The van der Waals surface area contributed by atoms with Gasteiger partial charge in [0, 0.05) is 6.42 Å². The average molecular weight is 472 g/mol. The van der Waals surface area contributed by atoms with Crippen LogP contribution in [-0.2, 0) is 14.4 Å². The summed E-state index contributed by atoms with van der Waals surface area (Å²) in [6, 6.07) is -2.11. The minimum atomic E-state index is -1.20. The van der Waals surface area contributed by atoms with Gasteiger partial charge in [-0.3, -0.25) is 14.5 Å². The molecule has 194 valence electrons. The zero-order valence-electron chi connectivity index (χ0n) is 20.5. The van der Waals surface area contributed by atoms with Crippen molar-refractivity contribution in [3.05, 3.63) is 0 Å². The fourth-order valence-corrected chi connectivity index (χ4v) is 3.88. The Hall–Kier alpha value is -1.55. The Morgan fingerprint density at radius 3 is 1.55 bits per heavy atom. The van der Waals surface area contributed by atoms with Crippen molar-refractivity contribution < 1.29 is 19.5 Å². The predicted molar refractivity (Wildman–Crippen MR) is 132 cm³/mol. The van der Waals surface area contributed by atoms with E-state index < -0.39 is 29.9 Å². The number of nitrogens with two attached hydrogens (primary N) is 4. The summed E-state index contributed by atoms with van der Waals surface area (Å²) in [5.41, 5.74) is 22.6. The van der Waals surface area contributed by atoms with Crippen molar-refractivity contribution in [3.8, 4) is 0 Å². The Bertz CT molecular complexity index is 533. The van der Waals surface area contributed by atoms with Gasteiger partial charge in [-0.2, -0.15) is 0 Å². The predicted octanol–water partition coefficient (Wildman–Crippen LogP) is 2.24. The summed E-state index contributed by atoms with van der Waals surface area (Å²) >= 11 is 0. The summed E-state index contributed by atoms with van der Waals surface area (Å²) in [4.78, 5) is 38.8. The number of carbonyl (C=O) groups is 3. The van der Waals surface area contributed by atoms with Crippen molar-refractivity contribution in [2.24, 2.45) is 22.9 Å². The third-order valence-electron chi connectivity index (χ3n) is 5.92. The van der Waals surface area contributed by atoms with Gasteiger partial charge in [0.2, 0.25) is 11.8 Å². The Morgan fingerprint density at radius 2 is 1.06 bits per heavy atom. The molecule has 0 rings (SSSR count). The lowest BCUT2D eigenvalue weighted by Gasteiger charge is -2.29. The van der Waals surface area contributed by atoms with Crippen LogP contribution in [0.3, 0.4) is 0 Å². The number of amides is 2. The van der Waals surface area contributed by atoms with Gasteiger partial charge in [0.15, 0.2) is 0 Å². The maximum absolute atomic E-state index is 13.0. The van der Waals surface area contributed by atoms with Gasteiger partial charge in [-0.25, -0.2) is 4.79 Å². The summed E-state index contributed by atoms with van der Waals surface area (Å²) in [7, 11) is 0. The first-order valence-corrected chi connectivity index (χ1v) is 12.8. The summed E-state index contributed by atoms with van der Waals surface area (Å²) in [6.45, 7) is 1.68. The number of carboxylic acids is 1. The van der Waals surface area contributed by atoms with Gasteiger partial charge in [0.25, 0.3) is 0 Å². The molecule has 0 saturated carbocycles. The standard InChI is InChI=1S/C24H49N5O4/c25-17-11-7-5-3-1-2-4-6-8-16-22(30)29(21(24(32)33)15-10-13-19-27)23(31)20(28)14-9-12-18-26/h20-21H,1-19,25-28H2,(H,32,33)/t20-,21-/m0/s1. The number of unbranched alkanes of at least 4 members (excludes halogenated alkanes) is 10. The average Bonchev–Trinajstić information content (AvgIpc) is 2.79. The van der Waals surface area contributed by atoms with Crippen LogP contribution in [0, 0.1) is 0 Å². The van der Waals surface area contributed by atoms with Crippen LogP contribution in [0.5, 0.6) is 0 Å². The van der Waals surface area contributed by atoms with Gasteiger partial charge in [0.05, 0.1) is 6.04 Å². The van der Waals surface area contributed by atoms with Crippen LogP contribution in [0.4, 0.5) is 0 Å². The quantitative estimate of drug-likeness (QED) is 0.149. The van der Waals surface area contributed by atoms with Crippen molar-refractivity contribution >= 4 is 17.8 Å². The molecule has 0 radical (unpaired) electrons.